The van der Waals surface area contributed by atoms with Crippen LogP contribution in [0.1, 0.15) is 46.0 Å². The fraction of sp³-hybridized carbons (Fsp3) is 0.857. The van der Waals surface area contributed by atoms with Crippen LogP contribution in [0.15, 0.2) is 0 Å². The van der Waals surface area contributed by atoms with Crippen molar-refractivity contribution in [3.8, 4) is 0 Å². The van der Waals surface area contributed by atoms with Gasteiger partial charge in [-0.15, -0.1) is 0 Å². The van der Waals surface area contributed by atoms with Crippen LogP contribution in [0.2, 0.25) is 0 Å². The van der Waals surface area contributed by atoms with Gasteiger partial charge in [-0.2, -0.15) is 0 Å². The number of likely N-dealkylation sites (tertiary alicyclic amines) is 1. The van der Waals surface area contributed by atoms with Crippen LogP contribution in [0, 0.1) is 0 Å². The second-order valence-corrected chi connectivity index (χ2v) is 5.64. The standard InChI is InChI=1S/C14H24N2O3/c1-4-14(5-2)9-10(6-7-19-14)15-11-8-12(17)16(3)13(11)18/h10-11,15H,4-9H2,1-3H3. The third kappa shape index (κ3) is 2.82. The van der Waals surface area contributed by atoms with E-state index in [1.165, 1.54) is 4.90 Å². The van der Waals surface area contributed by atoms with Crippen molar-refractivity contribution in [3.05, 3.63) is 0 Å². The molecule has 0 saturated carbocycles. The molecule has 2 heterocycles. The van der Waals surface area contributed by atoms with Crippen LogP contribution in [0.25, 0.3) is 0 Å². The quantitative estimate of drug-likeness (QED) is 0.775. The molecule has 0 aromatic heterocycles. The van der Waals surface area contributed by atoms with Crippen molar-refractivity contribution in [3.63, 3.8) is 0 Å². The Hall–Kier alpha value is -0.940. The summed E-state index contributed by atoms with van der Waals surface area (Å²) in [5.41, 5.74) is -0.0620. The average Bonchev–Trinajstić information content (AvgIpc) is 2.66. The lowest BCUT2D eigenvalue weighted by atomic mass is 9.85. The van der Waals surface area contributed by atoms with Crippen molar-refractivity contribution in [2.75, 3.05) is 13.7 Å². The van der Waals surface area contributed by atoms with E-state index in [1.807, 2.05) is 0 Å². The van der Waals surface area contributed by atoms with Gasteiger partial charge in [0.25, 0.3) is 0 Å². The number of amides is 2. The Balaban J connectivity index is 1.96. The SMILES string of the molecule is CCC1(CC)CC(NC2CC(=O)N(C)C2=O)CCO1. The van der Waals surface area contributed by atoms with Crippen molar-refractivity contribution in [2.45, 2.75) is 63.6 Å². The molecule has 1 N–H and O–H groups in total. The van der Waals surface area contributed by atoms with Gasteiger partial charge in [0.15, 0.2) is 0 Å². The summed E-state index contributed by atoms with van der Waals surface area (Å²) in [6.07, 6.45) is 4.08. The highest BCUT2D eigenvalue weighted by Gasteiger charge is 2.40. The molecule has 5 heteroatoms. The molecule has 2 unspecified atom stereocenters. The first-order chi connectivity index (χ1) is 9.01. The number of carbonyl (C=O) groups excluding carboxylic acids is 2. The van der Waals surface area contributed by atoms with Crippen molar-refractivity contribution < 1.29 is 14.3 Å². The molecule has 2 rings (SSSR count). The van der Waals surface area contributed by atoms with Gasteiger partial charge >= 0.3 is 0 Å². The highest BCUT2D eigenvalue weighted by molar-refractivity contribution is 6.05. The molecular formula is C14H24N2O3. The Labute approximate surface area is 114 Å². The van der Waals surface area contributed by atoms with Crippen molar-refractivity contribution in [1.82, 2.24) is 10.2 Å². The van der Waals surface area contributed by atoms with Crippen molar-refractivity contribution in [2.24, 2.45) is 0 Å². The van der Waals surface area contributed by atoms with Gasteiger partial charge < -0.3 is 10.1 Å². The summed E-state index contributed by atoms with van der Waals surface area (Å²) in [7, 11) is 1.55. The summed E-state index contributed by atoms with van der Waals surface area (Å²) in [5.74, 6) is -0.193. The first-order valence-electron chi connectivity index (χ1n) is 7.21. The van der Waals surface area contributed by atoms with E-state index < -0.39 is 0 Å². The molecule has 0 aliphatic carbocycles. The Morgan fingerprint density at radius 3 is 2.58 bits per heavy atom. The summed E-state index contributed by atoms with van der Waals surface area (Å²) in [4.78, 5) is 24.6. The fourth-order valence-corrected chi connectivity index (χ4v) is 3.08. The maximum atomic E-state index is 11.9. The fourth-order valence-electron chi connectivity index (χ4n) is 3.08. The normalized spacial score (nSPS) is 31.0. The summed E-state index contributed by atoms with van der Waals surface area (Å²) in [5, 5.41) is 3.36. The van der Waals surface area contributed by atoms with Crippen LogP contribution in [-0.4, -0.2) is 48.1 Å². The predicted molar refractivity (Wildman–Crippen MR) is 71.6 cm³/mol. The predicted octanol–water partition coefficient (Wildman–Crippen LogP) is 1.07. The van der Waals surface area contributed by atoms with Crippen LogP contribution in [0.3, 0.4) is 0 Å². The molecule has 0 aromatic carbocycles. The minimum Gasteiger partial charge on any atom is -0.375 e. The molecule has 0 bridgehead atoms. The van der Waals surface area contributed by atoms with E-state index in [-0.39, 0.29) is 35.9 Å². The molecule has 5 nitrogen and oxygen atoms in total. The van der Waals surface area contributed by atoms with Gasteiger partial charge in [-0.25, -0.2) is 0 Å². The highest BCUT2D eigenvalue weighted by Crippen LogP contribution is 2.32. The minimum atomic E-state index is -0.341. The molecule has 0 spiro atoms. The zero-order chi connectivity index (χ0) is 14.0. The Morgan fingerprint density at radius 1 is 1.37 bits per heavy atom. The number of hydrogen-bond acceptors (Lipinski definition) is 4. The number of nitrogens with one attached hydrogen (secondary N) is 1. The van der Waals surface area contributed by atoms with Gasteiger partial charge in [-0.05, 0) is 25.7 Å². The molecule has 2 aliphatic rings. The maximum Gasteiger partial charge on any atom is 0.246 e. The van der Waals surface area contributed by atoms with Gasteiger partial charge in [-0.1, -0.05) is 13.8 Å². The van der Waals surface area contributed by atoms with Crippen molar-refractivity contribution in [1.29, 1.82) is 0 Å². The maximum absolute atomic E-state index is 11.9. The Bertz CT molecular complexity index is 366. The summed E-state index contributed by atoms with van der Waals surface area (Å²) < 4.78 is 5.93. The monoisotopic (exact) mass is 268 g/mol. The molecule has 2 fully saturated rings. The topological polar surface area (TPSA) is 58.6 Å². The van der Waals surface area contributed by atoms with Crippen LogP contribution in [-0.2, 0) is 14.3 Å². The van der Waals surface area contributed by atoms with E-state index in [1.54, 1.807) is 7.05 Å². The van der Waals surface area contributed by atoms with E-state index in [0.29, 0.717) is 0 Å². The van der Waals surface area contributed by atoms with E-state index in [9.17, 15) is 9.59 Å². The Kier molecular flexibility index (Phi) is 4.26. The molecule has 0 aromatic rings. The summed E-state index contributed by atoms with van der Waals surface area (Å²) >= 11 is 0. The molecule has 2 aliphatic heterocycles. The Morgan fingerprint density at radius 2 is 2.05 bits per heavy atom. The van der Waals surface area contributed by atoms with Gasteiger partial charge in [-0.3, -0.25) is 14.5 Å². The molecule has 2 amide bonds. The number of hydrogen-bond donors (Lipinski definition) is 1. The van der Waals surface area contributed by atoms with Gasteiger partial charge in [0.05, 0.1) is 18.1 Å². The average molecular weight is 268 g/mol. The van der Waals surface area contributed by atoms with E-state index in [2.05, 4.69) is 19.2 Å². The second-order valence-electron chi connectivity index (χ2n) is 5.64. The number of ether oxygens (including phenoxy) is 1. The number of likely N-dealkylation sites (N-methyl/N-ethyl adjacent to an activating group) is 1. The number of rotatable bonds is 4. The number of carbonyl (C=O) groups is 2. The van der Waals surface area contributed by atoms with E-state index >= 15 is 0 Å². The van der Waals surface area contributed by atoms with Crippen LogP contribution < -0.4 is 5.32 Å². The molecule has 19 heavy (non-hydrogen) atoms. The smallest absolute Gasteiger partial charge is 0.246 e. The second kappa shape index (κ2) is 5.59. The lowest BCUT2D eigenvalue weighted by Crippen LogP contribution is -2.51. The van der Waals surface area contributed by atoms with Crippen LogP contribution >= 0.6 is 0 Å². The largest absolute Gasteiger partial charge is 0.375 e. The summed E-state index contributed by atoms with van der Waals surface area (Å²) in [6.45, 7) is 5.01. The zero-order valence-electron chi connectivity index (χ0n) is 12.1. The van der Waals surface area contributed by atoms with Gasteiger partial charge in [0.2, 0.25) is 11.8 Å². The lowest BCUT2D eigenvalue weighted by molar-refractivity contribution is -0.137. The molecular weight excluding hydrogens is 244 g/mol. The van der Waals surface area contributed by atoms with Gasteiger partial charge in [0, 0.05) is 19.7 Å². The third-order valence-corrected chi connectivity index (χ3v) is 4.60. The van der Waals surface area contributed by atoms with E-state index in [4.69, 9.17) is 4.74 Å². The number of nitrogens with zero attached hydrogens (tertiary/aromatic N) is 1. The van der Waals surface area contributed by atoms with Crippen molar-refractivity contribution >= 4 is 11.8 Å². The summed E-state index contributed by atoms with van der Waals surface area (Å²) in [6, 6.07) is -0.0751. The number of imide groups is 1. The highest BCUT2D eigenvalue weighted by atomic mass is 16.5. The van der Waals surface area contributed by atoms with Crippen LogP contribution in [0.5, 0.6) is 0 Å². The molecule has 108 valence electrons. The first-order valence-corrected chi connectivity index (χ1v) is 7.21. The molecule has 0 radical (unpaired) electrons. The molecule has 2 atom stereocenters. The third-order valence-electron chi connectivity index (χ3n) is 4.60. The lowest BCUT2D eigenvalue weighted by Gasteiger charge is -2.41. The minimum absolute atomic E-state index is 0.0620. The van der Waals surface area contributed by atoms with E-state index in [0.717, 1.165) is 32.3 Å². The first kappa shape index (κ1) is 14.5. The van der Waals surface area contributed by atoms with Crippen LogP contribution in [0.4, 0.5) is 0 Å². The van der Waals surface area contributed by atoms with Gasteiger partial charge in [0.1, 0.15) is 0 Å². The zero-order valence-corrected chi connectivity index (χ0v) is 12.1. The molecule has 2 saturated heterocycles.